The van der Waals surface area contributed by atoms with E-state index in [0.717, 1.165) is 23.2 Å². The van der Waals surface area contributed by atoms with E-state index in [9.17, 15) is 0 Å². The monoisotopic (exact) mass is 264 g/mol. The lowest BCUT2D eigenvalue weighted by Crippen LogP contribution is -2.14. The summed E-state index contributed by atoms with van der Waals surface area (Å²) in [6.45, 7) is 0. The van der Waals surface area contributed by atoms with E-state index in [-0.39, 0.29) is 6.04 Å². The molecule has 0 bridgehead atoms. The Morgan fingerprint density at radius 3 is 2.55 bits per heavy atom. The minimum absolute atomic E-state index is 0.108. The smallest absolute Gasteiger partial charge is 0.0601 e. The van der Waals surface area contributed by atoms with Gasteiger partial charge in [0, 0.05) is 18.0 Å². The predicted octanol–water partition coefficient (Wildman–Crippen LogP) is 2.71. The number of nitrogens with one attached hydrogen (secondary N) is 1. The van der Waals surface area contributed by atoms with Crippen molar-refractivity contribution in [1.29, 1.82) is 0 Å². The second kappa shape index (κ2) is 5.67. The van der Waals surface area contributed by atoms with E-state index in [1.165, 1.54) is 5.56 Å². The van der Waals surface area contributed by atoms with Crippen molar-refractivity contribution in [3.8, 4) is 11.1 Å². The molecular formula is C16H16N4. The average Bonchev–Trinajstić information content (AvgIpc) is 2.99. The summed E-state index contributed by atoms with van der Waals surface area (Å²) in [6, 6.07) is 14.0. The minimum atomic E-state index is -0.108. The van der Waals surface area contributed by atoms with Crippen LogP contribution in [0.2, 0.25) is 0 Å². The Balaban J connectivity index is 1.86. The van der Waals surface area contributed by atoms with Crippen LogP contribution in [0, 0.1) is 0 Å². The number of hydrogen-bond acceptors (Lipinski definition) is 3. The molecule has 0 spiro atoms. The second-order valence-electron chi connectivity index (χ2n) is 4.73. The van der Waals surface area contributed by atoms with E-state index in [4.69, 9.17) is 5.73 Å². The summed E-state index contributed by atoms with van der Waals surface area (Å²) >= 11 is 0. The molecule has 2 heterocycles. The first kappa shape index (κ1) is 12.6. The largest absolute Gasteiger partial charge is 0.322 e. The number of benzene rings is 1. The Morgan fingerprint density at radius 2 is 1.80 bits per heavy atom. The first-order chi connectivity index (χ1) is 9.84. The lowest BCUT2D eigenvalue weighted by atomic mass is 9.99. The van der Waals surface area contributed by atoms with Crippen molar-refractivity contribution in [1.82, 2.24) is 15.2 Å². The molecule has 3 N–H and O–H groups in total. The highest BCUT2D eigenvalue weighted by Crippen LogP contribution is 2.26. The van der Waals surface area contributed by atoms with Gasteiger partial charge in [0.25, 0.3) is 0 Å². The highest BCUT2D eigenvalue weighted by atomic mass is 15.1. The molecule has 3 aromatic rings. The van der Waals surface area contributed by atoms with E-state index in [1.807, 2.05) is 36.5 Å². The van der Waals surface area contributed by atoms with Crippen LogP contribution in [0.4, 0.5) is 0 Å². The molecule has 1 unspecified atom stereocenters. The topological polar surface area (TPSA) is 67.6 Å². The van der Waals surface area contributed by atoms with Gasteiger partial charge in [-0.15, -0.1) is 0 Å². The number of H-pyrrole nitrogens is 1. The van der Waals surface area contributed by atoms with Crippen molar-refractivity contribution in [2.24, 2.45) is 5.73 Å². The van der Waals surface area contributed by atoms with Gasteiger partial charge in [0.05, 0.1) is 17.9 Å². The lowest BCUT2D eigenvalue weighted by molar-refractivity contribution is 0.693. The van der Waals surface area contributed by atoms with Gasteiger partial charge in [-0.1, -0.05) is 30.3 Å². The van der Waals surface area contributed by atoms with Crippen LogP contribution >= 0.6 is 0 Å². The third-order valence-corrected chi connectivity index (χ3v) is 3.33. The summed E-state index contributed by atoms with van der Waals surface area (Å²) in [7, 11) is 0. The molecular weight excluding hydrogens is 248 g/mol. The highest BCUT2D eigenvalue weighted by Gasteiger charge is 2.15. The molecule has 0 amide bonds. The summed E-state index contributed by atoms with van der Waals surface area (Å²) in [5.74, 6) is 0. The number of hydrogen-bond donors (Lipinski definition) is 2. The van der Waals surface area contributed by atoms with Crippen LogP contribution in [0.25, 0.3) is 11.1 Å². The fourth-order valence-electron chi connectivity index (χ4n) is 2.31. The van der Waals surface area contributed by atoms with E-state index in [2.05, 4.69) is 27.3 Å². The Bertz CT molecular complexity index is 661. The lowest BCUT2D eigenvalue weighted by Gasteiger charge is -2.12. The van der Waals surface area contributed by atoms with Crippen molar-refractivity contribution in [2.45, 2.75) is 12.5 Å². The van der Waals surface area contributed by atoms with Crippen LogP contribution in [0.3, 0.4) is 0 Å². The van der Waals surface area contributed by atoms with Crippen LogP contribution in [-0.4, -0.2) is 15.2 Å². The zero-order chi connectivity index (χ0) is 13.8. The van der Waals surface area contributed by atoms with E-state index < -0.39 is 0 Å². The van der Waals surface area contributed by atoms with Crippen LogP contribution in [-0.2, 0) is 6.42 Å². The van der Waals surface area contributed by atoms with Crippen molar-refractivity contribution in [3.63, 3.8) is 0 Å². The number of nitrogens with two attached hydrogens (primary N) is 1. The van der Waals surface area contributed by atoms with E-state index >= 15 is 0 Å². The van der Waals surface area contributed by atoms with Crippen LogP contribution in [0.1, 0.15) is 17.3 Å². The molecule has 3 rings (SSSR count). The quantitative estimate of drug-likeness (QED) is 0.761. The predicted molar refractivity (Wildman–Crippen MR) is 78.9 cm³/mol. The molecule has 1 atom stereocenters. The fourth-order valence-corrected chi connectivity index (χ4v) is 2.31. The molecule has 0 aliphatic carbocycles. The van der Waals surface area contributed by atoms with Gasteiger partial charge >= 0.3 is 0 Å². The first-order valence-corrected chi connectivity index (χ1v) is 6.58. The molecule has 100 valence electrons. The molecule has 0 saturated carbocycles. The number of nitrogens with zero attached hydrogens (tertiary/aromatic N) is 2. The van der Waals surface area contributed by atoms with Gasteiger partial charge in [-0.3, -0.25) is 10.1 Å². The van der Waals surface area contributed by atoms with E-state index in [0.29, 0.717) is 0 Å². The van der Waals surface area contributed by atoms with Gasteiger partial charge < -0.3 is 5.73 Å². The molecule has 0 saturated heterocycles. The normalized spacial score (nSPS) is 12.2. The number of rotatable bonds is 4. The molecule has 4 nitrogen and oxygen atoms in total. The zero-order valence-corrected chi connectivity index (χ0v) is 11.0. The third kappa shape index (κ3) is 2.60. The Kier molecular flexibility index (Phi) is 3.56. The maximum Gasteiger partial charge on any atom is 0.0601 e. The number of aromatic amines is 1. The van der Waals surface area contributed by atoms with Gasteiger partial charge in [0.15, 0.2) is 0 Å². The van der Waals surface area contributed by atoms with Gasteiger partial charge in [-0.2, -0.15) is 5.10 Å². The van der Waals surface area contributed by atoms with Crippen molar-refractivity contribution < 1.29 is 0 Å². The summed E-state index contributed by atoms with van der Waals surface area (Å²) in [5, 5.41) is 7.16. The van der Waals surface area contributed by atoms with Gasteiger partial charge in [0.1, 0.15) is 0 Å². The SMILES string of the molecule is NC(Cc1ccccc1)c1[nH]ncc1-c1ccncc1. The minimum Gasteiger partial charge on any atom is -0.322 e. The average molecular weight is 264 g/mol. The van der Waals surface area contributed by atoms with Crippen molar-refractivity contribution in [2.75, 3.05) is 0 Å². The third-order valence-electron chi connectivity index (χ3n) is 3.33. The molecule has 1 aromatic carbocycles. The van der Waals surface area contributed by atoms with Crippen LogP contribution in [0.5, 0.6) is 0 Å². The maximum absolute atomic E-state index is 6.32. The molecule has 0 radical (unpaired) electrons. The molecule has 20 heavy (non-hydrogen) atoms. The zero-order valence-electron chi connectivity index (χ0n) is 11.0. The van der Waals surface area contributed by atoms with Crippen molar-refractivity contribution >= 4 is 0 Å². The van der Waals surface area contributed by atoms with Crippen LogP contribution < -0.4 is 5.73 Å². The van der Waals surface area contributed by atoms with Crippen molar-refractivity contribution in [3.05, 3.63) is 72.3 Å². The fraction of sp³-hybridized carbons (Fsp3) is 0.125. The Morgan fingerprint density at radius 1 is 1.05 bits per heavy atom. The molecule has 0 aliphatic rings. The summed E-state index contributed by atoms with van der Waals surface area (Å²) in [6.07, 6.45) is 6.14. The van der Waals surface area contributed by atoms with Gasteiger partial charge in [-0.05, 0) is 29.7 Å². The standard InChI is InChI=1S/C16H16N4/c17-15(10-12-4-2-1-3-5-12)16-14(11-19-20-16)13-6-8-18-9-7-13/h1-9,11,15H,10,17H2,(H,19,20). The van der Waals surface area contributed by atoms with Gasteiger partial charge in [-0.25, -0.2) is 0 Å². The molecule has 0 aliphatic heterocycles. The van der Waals surface area contributed by atoms with E-state index in [1.54, 1.807) is 12.4 Å². The second-order valence-corrected chi connectivity index (χ2v) is 4.73. The summed E-state index contributed by atoms with van der Waals surface area (Å²) in [4.78, 5) is 4.04. The molecule has 2 aromatic heterocycles. The summed E-state index contributed by atoms with van der Waals surface area (Å²) < 4.78 is 0. The molecule has 0 fully saturated rings. The first-order valence-electron chi connectivity index (χ1n) is 6.58. The summed E-state index contributed by atoms with van der Waals surface area (Å²) in [5.41, 5.74) is 10.6. The van der Waals surface area contributed by atoms with Gasteiger partial charge in [0.2, 0.25) is 0 Å². The molecule has 4 heteroatoms. The maximum atomic E-state index is 6.32. The number of aromatic nitrogens is 3. The Hall–Kier alpha value is -2.46. The Labute approximate surface area is 117 Å². The highest BCUT2D eigenvalue weighted by molar-refractivity contribution is 5.65. The van der Waals surface area contributed by atoms with Crippen LogP contribution in [0.15, 0.2) is 61.1 Å². The number of pyridine rings is 1.